The van der Waals surface area contributed by atoms with E-state index in [1.165, 1.54) is 17.7 Å². The van der Waals surface area contributed by atoms with Gasteiger partial charge in [-0.05, 0) is 48.2 Å². The van der Waals surface area contributed by atoms with Gasteiger partial charge < -0.3 is 10.1 Å². The second-order valence-corrected chi connectivity index (χ2v) is 9.42. The van der Waals surface area contributed by atoms with Crippen molar-refractivity contribution >= 4 is 39.2 Å². The second-order valence-electron chi connectivity index (χ2n) is 7.11. The standard InChI is InChI=1S/C21H23ClN2O5S/c1-29-20(25)13-18(16-7-3-4-8-17(16)22)23-21(26)15-9-10-19-14(12-15)6-5-11-24(19)30(2,27)28/h3-4,7-10,12,18H,5-6,11,13H2,1-2H3,(H,23,26)/t18-/m0/s1. The van der Waals surface area contributed by atoms with Gasteiger partial charge in [0.05, 0.1) is 31.5 Å². The number of carbonyl (C=O) groups is 2. The number of aryl methyl sites for hydroxylation is 1. The summed E-state index contributed by atoms with van der Waals surface area (Å²) in [5.74, 6) is -0.863. The van der Waals surface area contributed by atoms with Crippen LogP contribution in [0.3, 0.4) is 0 Å². The number of ether oxygens (including phenoxy) is 1. The van der Waals surface area contributed by atoms with Gasteiger partial charge in [-0.15, -0.1) is 0 Å². The lowest BCUT2D eigenvalue weighted by atomic mass is 9.99. The van der Waals surface area contributed by atoms with Crippen LogP contribution in [0.4, 0.5) is 5.69 Å². The predicted molar refractivity (Wildman–Crippen MR) is 115 cm³/mol. The molecule has 0 unspecified atom stereocenters. The molecule has 7 nitrogen and oxygen atoms in total. The van der Waals surface area contributed by atoms with Crippen molar-refractivity contribution in [2.45, 2.75) is 25.3 Å². The molecular weight excluding hydrogens is 428 g/mol. The number of amides is 1. The van der Waals surface area contributed by atoms with E-state index in [1.54, 1.807) is 42.5 Å². The van der Waals surface area contributed by atoms with Gasteiger partial charge in [-0.1, -0.05) is 29.8 Å². The Kier molecular flexibility index (Phi) is 6.67. The number of sulfonamides is 1. The molecule has 0 radical (unpaired) electrons. The smallest absolute Gasteiger partial charge is 0.307 e. The Balaban J connectivity index is 1.88. The van der Waals surface area contributed by atoms with Crippen molar-refractivity contribution in [1.82, 2.24) is 5.32 Å². The van der Waals surface area contributed by atoms with Gasteiger partial charge in [0.2, 0.25) is 10.0 Å². The summed E-state index contributed by atoms with van der Waals surface area (Å²) in [4.78, 5) is 24.8. The summed E-state index contributed by atoms with van der Waals surface area (Å²) in [7, 11) is -2.10. The molecule has 1 N–H and O–H groups in total. The number of halogens is 1. The molecule has 1 atom stereocenters. The number of hydrogen-bond acceptors (Lipinski definition) is 5. The van der Waals surface area contributed by atoms with E-state index >= 15 is 0 Å². The molecule has 30 heavy (non-hydrogen) atoms. The molecule has 2 aromatic carbocycles. The number of anilines is 1. The Morgan fingerprint density at radius 3 is 2.63 bits per heavy atom. The lowest BCUT2D eigenvalue weighted by molar-refractivity contribution is -0.141. The number of esters is 1. The van der Waals surface area contributed by atoms with Gasteiger partial charge in [0.25, 0.3) is 5.91 Å². The van der Waals surface area contributed by atoms with E-state index in [0.717, 1.165) is 5.56 Å². The molecule has 1 aliphatic heterocycles. The maximum absolute atomic E-state index is 12.9. The average molecular weight is 451 g/mol. The molecule has 0 aliphatic carbocycles. The number of carbonyl (C=O) groups excluding carboxylic acids is 2. The topological polar surface area (TPSA) is 92.8 Å². The first-order chi connectivity index (χ1) is 14.2. The van der Waals surface area contributed by atoms with E-state index < -0.39 is 22.0 Å². The van der Waals surface area contributed by atoms with E-state index in [2.05, 4.69) is 5.32 Å². The zero-order valence-electron chi connectivity index (χ0n) is 16.7. The highest BCUT2D eigenvalue weighted by Crippen LogP contribution is 2.31. The maximum atomic E-state index is 12.9. The van der Waals surface area contributed by atoms with Crippen molar-refractivity contribution in [3.63, 3.8) is 0 Å². The quantitative estimate of drug-likeness (QED) is 0.682. The average Bonchev–Trinajstić information content (AvgIpc) is 2.71. The number of rotatable bonds is 6. The number of nitrogens with one attached hydrogen (secondary N) is 1. The molecule has 0 bridgehead atoms. The van der Waals surface area contributed by atoms with Gasteiger partial charge in [-0.25, -0.2) is 8.42 Å². The highest BCUT2D eigenvalue weighted by Gasteiger charge is 2.26. The van der Waals surface area contributed by atoms with Crippen LogP contribution in [0.25, 0.3) is 0 Å². The molecule has 1 aliphatic rings. The van der Waals surface area contributed by atoms with Crippen molar-refractivity contribution in [2.24, 2.45) is 0 Å². The predicted octanol–water partition coefficient (Wildman–Crippen LogP) is 3.09. The molecule has 0 saturated heterocycles. The van der Waals surface area contributed by atoms with Gasteiger partial charge in [0.1, 0.15) is 0 Å². The summed E-state index contributed by atoms with van der Waals surface area (Å²) in [6, 6.07) is 11.2. The number of methoxy groups -OCH3 is 1. The van der Waals surface area contributed by atoms with Crippen molar-refractivity contribution in [1.29, 1.82) is 0 Å². The fourth-order valence-corrected chi connectivity index (χ4v) is 4.80. The third-order valence-corrected chi connectivity index (χ3v) is 6.53. The summed E-state index contributed by atoms with van der Waals surface area (Å²) in [5, 5.41) is 3.28. The Bertz CT molecular complexity index is 1070. The van der Waals surface area contributed by atoms with Crippen LogP contribution >= 0.6 is 11.6 Å². The van der Waals surface area contributed by atoms with Crippen LogP contribution in [0.1, 0.15) is 40.4 Å². The summed E-state index contributed by atoms with van der Waals surface area (Å²) in [6.45, 7) is 0.422. The second kappa shape index (κ2) is 9.06. The van der Waals surface area contributed by atoms with Crippen molar-refractivity contribution in [3.8, 4) is 0 Å². The third-order valence-electron chi connectivity index (χ3n) is 5.00. The fourth-order valence-electron chi connectivity index (χ4n) is 3.54. The first kappa shape index (κ1) is 22.1. The third kappa shape index (κ3) is 4.94. The van der Waals surface area contributed by atoms with Crippen LogP contribution in [0.15, 0.2) is 42.5 Å². The molecule has 0 saturated carbocycles. The molecule has 160 valence electrons. The van der Waals surface area contributed by atoms with Gasteiger partial charge in [-0.3, -0.25) is 13.9 Å². The first-order valence-corrected chi connectivity index (χ1v) is 11.7. The fraction of sp³-hybridized carbons (Fsp3) is 0.333. The number of nitrogens with zero attached hydrogens (tertiary/aromatic N) is 1. The zero-order valence-corrected chi connectivity index (χ0v) is 18.3. The van der Waals surface area contributed by atoms with Gasteiger partial charge in [-0.2, -0.15) is 0 Å². The minimum absolute atomic E-state index is 0.0707. The molecule has 0 spiro atoms. The van der Waals surface area contributed by atoms with Crippen molar-refractivity contribution in [2.75, 3.05) is 24.2 Å². The van der Waals surface area contributed by atoms with Crippen LogP contribution < -0.4 is 9.62 Å². The lowest BCUT2D eigenvalue weighted by Gasteiger charge is -2.29. The van der Waals surface area contributed by atoms with Crippen LogP contribution in [0.2, 0.25) is 5.02 Å². The molecule has 3 rings (SSSR count). The molecule has 1 heterocycles. The largest absolute Gasteiger partial charge is 0.469 e. The van der Waals surface area contributed by atoms with Crippen LogP contribution in [0, 0.1) is 0 Å². The van der Waals surface area contributed by atoms with Crippen LogP contribution in [0.5, 0.6) is 0 Å². The van der Waals surface area contributed by atoms with E-state index in [-0.39, 0.29) is 12.3 Å². The molecular formula is C21H23ClN2O5S. The van der Waals surface area contributed by atoms with E-state index in [0.29, 0.717) is 41.2 Å². The van der Waals surface area contributed by atoms with E-state index in [1.807, 2.05) is 0 Å². The molecule has 0 aromatic heterocycles. The molecule has 0 fully saturated rings. The lowest BCUT2D eigenvalue weighted by Crippen LogP contribution is -2.35. The highest BCUT2D eigenvalue weighted by molar-refractivity contribution is 7.92. The molecule has 9 heteroatoms. The molecule has 1 amide bonds. The van der Waals surface area contributed by atoms with Crippen LogP contribution in [-0.4, -0.2) is 40.2 Å². The van der Waals surface area contributed by atoms with Crippen molar-refractivity contribution < 1.29 is 22.7 Å². The van der Waals surface area contributed by atoms with Gasteiger partial charge in [0, 0.05) is 17.1 Å². The number of fused-ring (bicyclic) bond motifs is 1. The maximum Gasteiger partial charge on any atom is 0.307 e. The van der Waals surface area contributed by atoms with E-state index in [9.17, 15) is 18.0 Å². The SMILES string of the molecule is COC(=O)C[C@H](NC(=O)c1ccc2c(c1)CCCN2S(C)(=O)=O)c1ccccc1Cl. The normalized spacial score (nSPS) is 14.6. The Labute approximate surface area is 181 Å². The Hall–Kier alpha value is -2.58. The zero-order chi connectivity index (χ0) is 21.9. The minimum Gasteiger partial charge on any atom is -0.469 e. The minimum atomic E-state index is -3.38. The summed E-state index contributed by atoms with van der Waals surface area (Å²) in [6.07, 6.45) is 2.46. The Morgan fingerprint density at radius 1 is 1.23 bits per heavy atom. The van der Waals surface area contributed by atoms with Gasteiger partial charge >= 0.3 is 5.97 Å². The molecule has 2 aromatic rings. The van der Waals surface area contributed by atoms with Crippen molar-refractivity contribution in [3.05, 3.63) is 64.2 Å². The van der Waals surface area contributed by atoms with Crippen LogP contribution in [-0.2, 0) is 26.0 Å². The highest BCUT2D eigenvalue weighted by atomic mass is 35.5. The van der Waals surface area contributed by atoms with E-state index in [4.69, 9.17) is 16.3 Å². The monoisotopic (exact) mass is 450 g/mol. The number of hydrogen-bond donors (Lipinski definition) is 1. The first-order valence-electron chi connectivity index (χ1n) is 9.43. The summed E-state index contributed by atoms with van der Waals surface area (Å²) < 4.78 is 30.2. The summed E-state index contributed by atoms with van der Waals surface area (Å²) in [5.41, 5.74) is 2.38. The Morgan fingerprint density at radius 2 is 1.97 bits per heavy atom. The van der Waals surface area contributed by atoms with Gasteiger partial charge in [0.15, 0.2) is 0 Å². The number of benzene rings is 2. The summed E-state index contributed by atoms with van der Waals surface area (Å²) >= 11 is 6.26.